The summed E-state index contributed by atoms with van der Waals surface area (Å²) in [6.07, 6.45) is 4.89. The van der Waals surface area contributed by atoms with Gasteiger partial charge in [-0.05, 0) is 42.8 Å². The van der Waals surface area contributed by atoms with Gasteiger partial charge in [-0.25, -0.2) is 4.98 Å². The zero-order valence-corrected chi connectivity index (χ0v) is 13.4. The minimum Gasteiger partial charge on any atom is -0.352 e. The van der Waals surface area contributed by atoms with Crippen LogP contribution in [0.3, 0.4) is 0 Å². The van der Waals surface area contributed by atoms with Crippen molar-refractivity contribution in [1.29, 1.82) is 0 Å². The maximum Gasteiger partial charge on any atom is 0.251 e. The second-order valence-corrected chi connectivity index (χ2v) is 5.46. The lowest BCUT2D eigenvalue weighted by Gasteiger charge is -2.08. The number of anilines is 2. The maximum absolute atomic E-state index is 12.1. The van der Waals surface area contributed by atoms with Gasteiger partial charge in [-0.2, -0.15) is 0 Å². The van der Waals surface area contributed by atoms with Crippen molar-refractivity contribution in [3.63, 3.8) is 0 Å². The van der Waals surface area contributed by atoms with Crippen LogP contribution in [0.2, 0.25) is 5.02 Å². The lowest BCUT2D eigenvalue weighted by Crippen LogP contribution is -2.24. The van der Waals surface area contributed by atoms with Crippen LogP contribution in [-0.4, -0.2) is 17.4 Å². The fourth-order valence-corrected chi connectivity index (χ4v) is 2.13. The Hall–Kier alpha value is -2.07. The molecule has 1 heterocycles. The molecule has 22 heavy (non-hydrogen) atoms. The highest BCUT2D eigenvalue weighted by molar-refractivity contribution is 6.30. The molecule has 4 nitrogen and oxygen atoms in total. The fourth-order valence-electron chi connectivity index (χ4n) is 2.00. The number of carbonyl (C=O) groups excluding carboxylic acids is 1. The summed E-state index contributed by atoms with van der Waals surface area (Å²) in [6, 6.07) is 10.8. The van der Waals surface area contributed by atoms with Crippen molar-refractivity contribution >= 4 is 29.0 Å². The van der Waals surface area contributed by atoms with Crippen LogP contribution in [-0.2, 0) is 0 Å². The number of pyridine rings is 1. The van der Waals surface area contributed by atoms with Crippen molar-refractivity contribution < 1.29 is 4.79 Å². The number of hydrogen-bond acceptors (Lipinski definition) is 3. The number of nitrogens with one attached hydrogen (secondary N) is 2. The van der Waals surface area contributed by atoms with E-state index in [1.54, 1.807) is 30.5 Å². The summed E-state index contributed by atoms with van der Waals surface area (Å²) in [5.41, 5.74) is 1.47. The molecule has 0 bridgehead atoms. The van der Waals surface area contributed by atoms with Gasteiger partial charge in [0, 0.05) is 29.0 Å². The first-order valence-electron chi connectivity index (χ1n) is 7.46. The minimum absolute atomic E-state index is 0.0716. The first-order valence-corrected chi connectivity index (χ1v) is 7.83. The summed E-state index contributed by atoms with van der Waals surface area (Å²) in [6.45, 7) is 2.84. The molecule has 2 rings (SSSR count). The maximum atomic E-state index is 12.1. The molecular weight excluding hydrogens is 298 g/mol. The van der Waals surface area contributed by atoms with Crippen LogP contribution in [0.1, 0.15) is 36.5 Å². The number of rotatable bonds is 7. The molecule has 0 saturated heterocycles. The van der Waals surface area contributed by atoms with Crippen LogP contribution < -0.4 is 10.6 Å². The smallest absolute Gasteiger partial charge is 0.251 e. The second-order valence-electron chi connectivity index (χ2n) is 5.02. The van der Waals surface area contributed by atoms with Gasteiger partial charge < -0.3 is 10.6 Å². The quantitative estimate of drug-likeness (QED) is 0.744. The van der Waals surface area contributed by atoms with E-state index in [0.29, 0.717) is 22.9 Å². The molecule has 2 N–H and O–H groups in total. The third-order valence-electron chi connectivity index (χ3n) is 3.20. The van der Waals surface area contributed by atoms with E-state index in [1.165, 1.54) is 0 Å². The molecule has 5 heteroatoms. The molecular formula is C17H20ClN3O. The Labute approximate surface area is 135 Å². The van der Waals surface area contributed by atoms with E-state index in [2.05, 4.69) is 22.5 Å². The van der Waals surface area contributed by atoms with E-state index < -0.39 is 0 Å². The average molecular weight is 318 g/mol. The van der Waals surface area contributed by atoms with Crippen LogP contribution in [0.5, 0.6) is 0 Å². The molecule has 0 unspecified atom stereocenters. The molecule has 2 aromatic rings. The van der Waals surface area contributed by atoms with Gasteiger partial charge in [-0.15, -0.1) is 0 Å². The topological polar surface area (TPSA) is 54.0 Å². The van der Waals surface area contributed by atoms with E-state index in [-0.39, 0.29) is 5.91 Å². The van der Waals surface area contributed by atoms with E-state index in [4.69, 9.17) is 11.6 Å². The van der Waals surface area contributed by atoms with Crippen LogP contribution in [0.4, 0.5) is 11.5 Å². The molecule has 0 aliphatic heterocycles. The largest absolute Gasteiger partial charge is 0.352 e. The highest BCUT2D eigenvalue weighted by Gasteiger charge is 2.06. The van der Waals surface area contributed by atoms with E-state index in [9.17, 15) is 4.79 Å². The van der Waals surface area contributed by atoms with Gasteiger partial charge >= 0.3 is 0 Å². The molecule has 116 valence electrons. The predicted molar refractivity (Wildman–Crippen MR) is 90.8 cm³/mol. The Bertz CT molecular complexity index is 614. The highest BCUT2D eigenvalue weighted by Crippen LogP contribution is 2.18. The number of halogens is 1. The molecule has 0 aliphatic rings. The Morgan fingerprint density at radius 1 is 1.18 bits per heavy atom. The molecule has 1 aromatic heterocycles. The third kappa shape index (κ3) is 5.04. The summed E-state index contributed by atoms with van der Waals surface area (Å²) in [7, 11) is 0. The molecule has 1 aromatic carbocycles. The summed E-state index contributed by atoms with van der Waals surface area (Å²) in [4.78, 5) is 16.3. The summed E-state index contributed by atoms with van der Waals surface area (Å²) in [5, 5.41) is 6.75. The minimum atomic E-state index is -0.0716. The van der Waals surface area contributed by atoms with Crippen molar-refractivity contribution in [2.75, 3.05) is 11.9 Å². The Kier molecular flexibility index (Phi) is 6.22. The standard InChI is InChI=1S/C17H20ClN3O/c1-2-3-4-10-20-17(22)13-9-11-19-16(12-13)21-15-7-5-14(18)6-8-15/h5-9,11-12H,2-4,10H2,1H3,(H,19,21)(H,20,22). The fraction of sp³-hybridized carbons (Fsp3) is 0.294. The van der Waals surface area contributed by atoms with Crippen molar-refractivity contribution in [1.82, 2.24) is 10.3 Å². The number of unbranched alkanes of at least 4 members (excludes halogenated alkanes) is 2. The van der Waals surface area contributed by atoms with Crippen molar-refractivity contribution in [3.8, 4) is 0 Å². The van der Waals surface area contributed by atoms with E-state index >= 15 is 0 Å². The van der Waals surface area contributed by atoms with Crippen LogP contribution in [0.25, 0.3) is 0 Å². The molecule has 0 radical (unpaired) electrons. The van der Waals surface area contributed by atoms with E-state index in [1.807, 2.05) is 12.1 Å². The van der Waals surface area contributed by atoms with Gasteiger partial charge in [0.15, 0.2) is 0 Å². The van der Waals surface area contributed by atoms with Crippen LogP contribution in [0, 0.1) is 0 Å². The Morgan fingerprint density at radius 2 is 1.95 bits per heavy atom. The first kappa shape index (κ1) is 16.3. The van der Waals surface area contributed by atoms with Crippen molar-refractivity contribution in [3.05, 3.63) is 53.2 Å². The summed E-state index contributed by atoms with van der Waals surface area (Å²) in [5.74, 6) is 0.557. The molecule has 0 spiro atoms. The zero-order chi connectivity index (χ0) is 15.8. The summed E-state index contributed by atoms with van der Waals surface area (Å²) < 4.78 is 0. The van der Waals surface area contributed by atoms with Gasteiger partial charge in [0.2, 0.25) is 0 Å². The number of hydrogen-bond donors (Lipinski definition) is 2. The van der Waals surface area contributed by atoms with Crippen LogP contribution >= 0.6 is 11.6 Å². The van der Waals surface area contributed by atoms with E-state index in [0.717, 1.165) is 24.9 Å². The molecule has 0 fully saturated rings. The Morgan fingerprint density at radius 3 is 2.68 bits per heavy atom. The number of carbonyl (C=O) groups is 1. The molecule has 0 saturated carbocycles. The molecule has 0 atom stereocenters. The number of amides is 1. The number of aromatic nitrogens is 1. The number of benzene rings is 1. The van der Waals surface area contributed by atoms with Gasteiger partial charge in [0.25, 0.3) is 5.91 Å². The van der Waals surface area contributed by atoms with Crippen molar-refractivity contribution in [2.45, 2.75) is 26.2 Å². The average Bonchev–Trinajstić information content (AvgIpc) is 2.54. The van der Waals surface area contributed by atoms with Crippen molar-refractivity contribution in [2.24, 2.45) is 0 Å². The predicted octanol–water partition coefficient (Wildman–Crippen LogP) is 4.40. The monoisotopic (exact) mass is 317 g/mol. The highest BCUT2D eigenvalue weighted by atomic mass is 35.5. The first-order chi connectivity index (χ1) is 10.7. The third-order valence-corrected chi connectivity index (χ3v) is 3.46. The van der Waals surface area contributed by atoms with Gasteiger partial charge in [-0.1, -0.05) is 31.4 Å². The van der Waals surface area contributed by atoms with Gasteiger partial charge in [0.1, 0.15) is 5.82 Å². The second kappa shape index (κ2) is 8.39. The Balaban J connectivity index is 1.97. The SMILES string of the molecule is CCCCCNC(=O)c1ccnc(Nc2ccc(Cl)cc2)c1. The van der Waals surface area contributed by atoms with Crippen LogP contribution in [0.15, 0.2) is 42.6 Å². The lowest BCUT2D eigenvalue weighted by atomic mass is 10.2. The van der Waals surface area contributed by atoms with Gasteiger partial charge in [0.05, 0.1) is 0 Å². The van der Waals surface area contributed by atoms with Gasteiger partial charge in [-0.3, -0.25) is 4.79 Å². The number of nitrogens with zero attached hydrogens (tertiary/aromatic N) is 1. The summed E-state index contributed by atoms with van der Waals surface area (Å²) >= 11 is 5.86. The molecule has 0 aliphatic carbocycles. The lowest BCUT2D eigenvalue weighted by molar-refractivity contribution is 0.0953. The normalized spacial score (nSPS) is 10.3. The zero-order valence-electron chi connectivity index (χ0n) is 12.6. The molecule has 1 amide bonds.